The highest BCUT2D eigenvalue weighted by Crippen LogP contribution is 2.34. The molecule has 5 aromatic rings. The lowest BCUT2D eigenvalue weighted by Crippen LogP contribution is -1.99. The van der Waals surface area contributed by atoms with Gasteiger partial charge in [0.05, 0.1) is 30.9 Å². The Bertz CT molecular complexity index is 1520. The van der Waals surface area contributed by atoms with E-state index in [0.717, 1.165) is 33.4 Å². The highest BCUT2D eigenvalue weighted by Gasteiger charge is 2.18. The van der Waals surface area contributed by atoms with Crippen LogP contribution >= 0.6 is 0 Å². The Morgan fingerprint density at radius 1 is 0.848 bits per heavy atom. The van der Waals surface area contributed by atoms with Crippen molar-refractivity contribution >= 4 is 28.8 Å². The van der Waals surface area contributed by atoms with Crippen molar-refractivity contribution in [3.05, 3.63) is 95.6 Å². The second-order valence-electron chi connectivity index (χ2n) is 7.58. The van der Waals surface area contributed by atoms with Gasteiger partial charge >= 0.3 is 0 Å². The van der Waals surface area contributed by atoms with Crippen molar-refractivity contribution in [1.82, 2.24) is 9.38 Å². The van der Waals surface area contributed by atoms with Crippen molar-refractivity contribution in [2.75, 3.05) is 14.2 Å². The van der Waals surface area contributed by atoms with E-state index >= 15 is 0 Å². The standard InChI is InChI=1S/C28H21N3O2/c1-32-22-14-21(15-23(17-22)33-2)27-16-20(13-12-19-8-4-3-5-9-19)24(18-29)28-30-25-10-6-7-11-26(25)31(27)28/h3-17H,1-2H3/b13-12+. The maximum absolute atomic E-state index is 10.1. The summed E-state index contributed by atoms with van der Waals surface area (Å²) < 4.78 is 13.0. The molecule has 0 N–H and O–H groups in total. The fraction of sp³-hybridized carbons (Fsp3) is 0.0714. The maximum Gasteiger partial charge on any atom is 0.157 e. The van der Waals surface area contributed by atoms with Crippen molar-refractivity contribution < 1.29 is 9.47 Å². The van der Waals surface area contributed by atoms with Gasteiger partial charge in [0.2, 0.25) is 0 Å². The lowest BCUT2D eigenvalue weighted by Gasteiger charge is -2.13. The number of aromatic nitrogens is 2. The molecule has 0 unspecified atom stereocenters. The number of ether oxygens (including phenoxy) is 2. The van der Waals surface area contributed by atoms with Crippen LogP contribution in [0.5, 0.6) is 11.5 Å². The van der Waals surface area contributed by atoms with Gasteiger partial charge in [-0.15, -0.1) is 0 Å². The first-order valence-electron chi connectivity index (χ1n) is 10.5. The molecule has 0 saturated heterocycles. The summed E-state index contributed by atoms with van der Waals surface area (Å²) >= 11 is 0. The molecule has 160 valence electrons. The molecule has 5 nitrogen and oxygen atoms in total. The monoisotopic (exact) mass is 431 g/mol. The van der Waals surface area contributed by atoms with Gasteiger partial charge in [0.15, 0.2) is 5.65 Å². The first-order chi connectivity index (χ1) is 16.2. The number of imidazole rings is 1. The number of methoxy groups -OCH3 is 2. The number of hydrogen-bond acceptors (Lipinski definition) is 4. The van der Waals surface area contributed by atoms with E-state index in [4.69, 9.17) is 14.5 Å². The average Bonchev–Trinajstić information content (AvgIpc) is 3.26. The molecule has 0 spiro atoms. The summed E-state index contributed by atoms with van der Waals surface area (Å²) in [5, 5.41) is 10.1. The minimum atomic E-state index is 0.525. The largest absolute Gasteiger partial charge is 0.497 e. The van der Waals surface area contributed by atoms with Crippen LogP contribution in [0.4, 0.5) is 0 Å². The molecule has 0 fully saturated rings. The predicted octanol–water partition coefficient (Wildman–Crippen LogP) is 6.21. The molecule has 0 radical (unpaired) electrons. The van der Waals surface area contributed by atoms with Crippen molar-refractivity contribution in [3.8, 4) is 28.8 Å². The van der Waals surface area contributed by atoms with E-state index in [1.165, 1.54) is 0 Å². The third-order valence-electron chi connectivity index (χ3n) is 5.62. The Labute approximate surface area is 191 Å². The molecule has 33 heavy (non-hydrogen) atoms. The number of benzene rings is 3. The first-order valence-corrected chi connectivity index (χ1v) is 10.5. The van der Waals surface area contributed by atoms with Crippen LogP contribution in [-0.4, -0.2) is 23.6 Å². The van der Waals surface area contributed by atoms with Gasteiger partial charge in [0.1, 0.15) is 23.1 Å². The van der Waals surface area contributed by atoms with Crippen LogP contribution < -0.4 is 9.47 Å². The van der Waals surface area contributed by atoms with E-state index < -0.39 is 0 Å². The van der Waals surface area contributed by atoms with Crippen molar-refractivity contribution in [1.29, 1.82) is 5.26 Å². The highest BCUT2D eigenvalue weighted by atomic mass is 16.5. The molecule has 0 amide bonds. The third-order valence-corrected chi connectivity index (χ3v) is 5.62. The Hall–Kier alpha value is -4.56. The molecule has 5 rings (SSSR count). The minimum absolute atomic E-state index is 0.525. The second kappa shape index (κ2) is 8.52. The molecule has 5 heteroatoms. The van der Waals surface area contributed by atoms with Crippen LogP contribution in [-0.2, 0) is 0 Å². The number of pyridine rings is 1. The summed E-state index contributed by atoms with van der Waals surface area (Å²) in [5.74, 6) is 1.38. The molecular formula is C28H21N3O2. The molecule has 0 aliphatic carbocycles. The van der Waals surface area contributed by atoms with Crippen LogP contribution in [0.25, 0.3) is 40.1 Å². The number of nitriles is 1. The van der Waals surface area contributed by atoms with E-state index in [-0.39, 0.29) is 0 Å². The van der Waals surface area contributed by atoms with Gasteiger partial charge in [0, 0.05) is 11.6 Å². The summed E-state index contributed by atoms with van der Waals surface area (Å²) in [7, 11) is 3.27. The number of rotatable bonds is 5. The molecular weight excluding hydrogens is 410 g/mol. The van der Waals surface area contributed by atoms with E-state index in [9.17, 15) is 5.26 Å². The minimum Gasteiger partial charge on any atom is -0.497 e. The summed E-state index contributed by atoms with van der Waals surface area (Å²) in [5.41, 5.74) is 6.54. The molecule has 0 aliphatic heterocycles. The van der Waals surface area contributed by atoms with Crippen LogP contribution in [0.15, 0.2) is 78.9 Å². The van der Waals surface area contributed by atoms with E-state index in [1.54, 1.807) is 14.2 Å². The molecule has 2 heterocycles. The number of para-hydroxylation sites is 2. The van der Waals surface area contributed by atoms with Gasteiger partial charge < -0.3 is 9.47 Å². The van der Waals surface area contributed by atoms with Gasteiger partial charge in [-0.05, 0) is 41.5 Å². The topological polar surface area (TPSA) is 59.5 Å². The quantitative estimate of drug-likeness (QED) is 0.332. The summed E-state index contributed by atoms with van der Waals surface area (Å²) in [6.45, 7) is 0. The van der Waals surface area contributed by atoms with Gasteiger partial charge in [-0.2, -0.15) is 5.26 Å². The van der Waals surface area contributed by atoms with Crippen LogP contribution in [0.2, 0.25) is 0 Å². The SMILES string of the molecule is COc1cc(OC)cc(-c2cc(/C=C/c3ccccc3)c(C#N)c3nc4ccccc4n23)c1. The van der Waals surface area contributed by atoms with E-state index in [0.29, 0.717) is 22.7 Å². The lowest BCUT2D eigenvalue weighted by molar-refractivity contribution is 0.394. The van der Waals surface area contributed by atoms with Gasteiger partial charge in [0.25, 0.3) is 0 Å². The fourth-order valence-electron chi connectivity index (χ4n) is 4.01. The first kappa shape index (κ1) is 20.3. The summed E-state index contributed by atoms with van der Waals surface area (Å²) in [6.07, 6.45) is 3.97. The normalized spacial score (nSPS) is 11.2. The number of hydrogen-bond donors (Lipinski definition) is 0. The Kier molecular flexibility index (Phi) is 5.26. The van der Waals surface area contributed by atoms with Crippen LogP contribution in [0, 0.1) is 11.3 Å². The number of nitrogens with zero attached hydrogens (tertiary/aromatic N) is 3. The van der Waals surface area contributed by atoms with Crippen molar-refractivity contribution in [2.45, 2.75) is 0 Å². The predicted molar refractivity (Wildman–Crippen MR) is 131 cm³/mol. The molecule has 0 bridgehead atoms. The summed E-state index contributed by atoms with van der Waals surface area (Å²) in [6, 6.07) is 28.1. The second-order valence-corrected chi connectivity index (χ2v) is 7.58. The lowest BCUT2D eigenvalue weighted by atomic mass is 10.0. The van der Waals surface area contributed by atoms with Gasteiger partial charge in [-0.25, -0.2) is 4.98 Å². The van der Waals surface area contributed by atoms with Gasteiger partial charge in [-0.3, -0.25) is 4.40 Å². The van der Waals surface area contributed by atoms with Crippen LogP contribution in [0.1, 0.15) is 16.7 Å². The number of fused-ring (bicyclic) bond motifs is 3. The van der Waals surface area contributed by atoms with Crippen molar-refractivity contribution in [2.24, 2.45) is 0 Å². The molecule has 2 aromatic heterocycles. The average molecular weight is 431 g/mol. The Morgan fingerprint density at radius 2 is 1.55 bits per heavy atom. The molecule has 0 atom stereocenters. The molecule has 0 saturated carbocycles. The van der Waals surface area contributed by atoms with Gasteiger partial charge in [-0.1, -0.05) is 54.6 Å². The Morgan fingerprint density at radius 3 is 2.24 bits per heavy atom. The summed E-state index contributed by atoms with van der Waals surface area (Å²) in [4.78, 5) is 4.82. The Balaban J connectivity index is 1.84. The molecule has 3 aromatic carbocycles. The zero-order chi connectivity index (χ0) is 22.8. The highest BCUT2D eigenvalue weighted by molar-refractivity contribution is 5.89. The zero-order valence-electron chi connectivity index (χ0n) is 18.3. The zero-order valence-corrected chi connectivity index (χ0v) is 18.3. The smallest absolute Gasteiger partial charge is 0.157 e. The van der Waals surface area contributed by atoms with E-state index in [2.05, 4.69) is 6.07 Å². The maximum atomic E-state index is 10.1. The van der Waals surface area contributed by atoms with Crippen molar-refractivity contribution in [3.63, 3.8) is 0 Å². The fourth-order valence-corrected chi connectivity index (χ4v) is 4.01. The third kappa shape index (κ3) is 3.68. The molecule has 0 aliphatic rings. The van der Waals surface area contributed by atoms with Crippen LogP contribution in [0.3, 0.4) is 0 Å². The van der Waals surface area contributed by atoms with E-state index in [1.807, 2.05) is 95.4 Å².